The van der Waals surface area contributed by atoms with Crippen molar-refractivity contribution >= 4 is 27.7 Å². The van der Waals surface area contributed by atoms with E-state index < -0.39 is 22.0 Å². The van der Waals surface area contributed by atoms with Gasteiger partial charge in [-0.25, -0.2) is 13.2 Å². The van der Waals surface area contributed by atoms with Crippen LogP contribution in [0, 0.1) is 0 Å². The molecule has 0 aliphatic carbocycles. The Hall–Kier alpha value is -2.42. The zero-order chi connectivity index (χ0) is 18.0. The Kier molecular flexibility index (Phi) is 4.76. The van der Waals surface area contributed by atoms with Crippen LogP contribution >= 0.6 is 0 Å². The predicted octanol–water partition coefficient (Wildman–Crippen LogP) is 0.581. The third kappa shape index (κ3) is 3.51. The van der Waals surface area contributed by atoms with E-state index in [1.165, 1.54) is 11.0 Å². The van der Waals surface area contributed by atoms with Crippen LogP contribution in [0.4, 0.5) is 0 Å². The average molecular weight is 365 g/mol. The molecule has 1 fully saturated rings. The number of nitrogens with zero attached hydrogens (tertiary/aromatic N) is 2. The number of carboxylic acids is 1. The average Bonchev–Trinajstić information content (AvgIpc) is 3.15. The number of amidine groups is 1. The van der Waals surface area contributed by atoms with Crippen molar-refractivity contribution in [2.24, 2.45) is 4.99 Å². The SMILES string of the molecule is O=C(O)[C@@H]1CCCN1C(=O)CCCN=C1NS(=O)(=O)c2ccccc21. The van der Waals surface area contributed by atoms with Gasteiger partial charge in [-0.2, -0.15) is 0 Å². The smallest absolute Gasteiger partial charge is 0.326 e. The van der Waals surface area contributed by atoms with E-state index in [0.717, 1.165) is 0 Å². The Morgan fingerprint density at radius 2 is 2.08 bits per heavy atom. The molecule has 2 N–H and O–H groups in total. The molecule has 1 atom stereocenters. The van der Waals surface area contributed by atoms with Gasteiger partial charge >= 0.3 is 5.97 Å². The molecule has 3 rings (SSSR count). The quantitative estimate of drug-likeness (QED) is 0.741. The number of likely N-dealkylation sites (tertiary alicyclic amines) is 1. The molecule has 0 aromatic heterocycles. The number of carboxylic acid groups (broad SMARTS) is 1. The molecule has 2 aliphatic rings. The second-order valence-electron chi connectivity index (χ2n) is 6.02. The molecule has 8 nitrogen and oxygen atoms in total. The number of aliphatic imine (C=N–C) groups is 1. The summed E-state index contributed by atoms with van der Waals surface area (Å²) in [5, 5.41) is 9.11. The van der Waals surface area contributed by atoms with Gasteiger partial charge in [-0.15, -0.1) is 0 Å². The molecule has 0 bridgehead atoms. The van der Waals surface area contributed by atoms with E-state index in [4.69, 9.17) is 5.11 Å². The van der Waals surface area contributed by atoms with Gasteiger partial charge in [-0.1, -0.05) is 12.1 Å². The summed E-state index contributed by atoms with van der Waals surface area (Å²) in [6.07, 6.45) is 1.80. The van der Waals surface area contributed by atoms with Crippen LogP contribution in [0.15, 0.2) is 34.2 Å². The maximum absolute atomic E-state index is 12.2. The monoisotopic (exact) mass is 365 g/mol. The van der Waals surface area contributed by atoms with Crippen LogP contribution in [0.25, 0.3) is 0 Å². The van der Waals surface area contributed by atoms with E-state index in [9.17, 15) is 18.0 Å². The van der Waals surface area contributed by atoms with Gasteiger partial charge in [-0.3, -0.25) is 14.5 Å². The fourth-order valence-electron chi connectivity index (χ4n) is 3.14. The van der Waals surface area contributed by atoms with Gasteiger partial charge in [0.15, 0.2) is 0 Å². The minimum absolute atomic E-state index is 0.189. The lowest BCUT2D eigenvalue weighted by Gasteiger charge is -2.21. The minimum atomic E-state index is -3.56. The number of hydrogen-bond donors (Lipinski definition) is 2. The van der Waals surface area contributed by atoms with Crippen LogP contribution in [-0.2, 0) is 19.6 Å². The van der Waals surface area contributed by atoms with Gasteiger partial charge in [0.05, 0.1) is 4.90 Å². The molecule has 2 aliphatic heterocycles. The highest BCUT2D eigenvalue weighted by atomic mass is 32.2. The molecule has 134 valence electrons. The molecule has 0 spiro atoms. The lowest BCUT2D eigenvalue weighted by Crippen LogP contribution is -2.40. The minimum Gasteiger partial charge on any atom is -0.480 e. The Labute approximate surface area is 145 Å². The third-order valence-electron chi connectivity index (χ3n) is 4.34. The normalized spacial score (nSPS) is 22.6. The molecule has 0 radical (unpaired) electrons. The number of rotatable bonds is 5. The van der Waals surface area contributed by atoms with E-state index in [0.29, 0.717) is 31.4 Å². The molecular weight excluding hydrogens is 346 g/mol. The topological polar surface area (TPSA) is 116 Å². The molecule has 9 heteroatoms. The van der Waals surface area contributed by atoms with Crippen molar-refractivity contribution in [1.29, 1.82) is 0 Å². The molecule has 25 heavy (non-hydrogen) atoms. The second-order valence-corrected chi connectivity index (χ2v) is 7.67. The van der Waals surface area contributed by atoms with Gasteiger partial charge in [0, 0.05) is 25.1 Å². The predicted molar refractivity (Wildman–Crippen MR) is 89.8 cm³/mol. The first kappa shape index (κ1) is 17.4. The van der Waals surface area contributed by atoms with Gasteiger partial charge in [-0.05, 0) is 31.4 Å². The summed E-state index contributed by atoms with van der Waals surface area (Å²) in [7, 11) is -3.56. The number of sulfonamides is 1. The van der Waals surface area contributed by atoms with Crippen LogP contribution in [0.1, 0.15) is 31.2 Å². The molecule has 1 aromatic rings. The summed E-state index contributed by atoms with van der Waals surface area (Å²) in [5.41, 5.74) is 0.527. The number of fused-ring (bicyclic) bond motifs is 1. The van der Waals surface area contributed by atoms with Crippen molar-refractivity contribution in [3.63, 3.8) is 0 Å². The van der Waals surface area contributed by atoms with Gasteiger partial charge in [0.1, 0.15) is 11.9 Å². The summed E-state index contributed by atoms with van der Waals surface area (Å²) >= 11 is 0. The van der Waals surface area contributed by atoms with E-state index in [1.807, 2.05) is 0 Å². The first-order chi connectivity index (χ1) is 11.9. The number of carbonyl (C=O) groups is 2. The van der Waals surface area contributed by atoms with E-state index >= 15 is 0 Å². The summed E-state index contributed by atoms with van der Waals surface area (Å²) in [6, 6.07) is 5.85. The first-order valence-electron chi connectivity index (χ1n) is 8.09. The Morgan fingerprint density at radius 1 is 1.32 bits per heavy atom. The summed E-state index contributed by atoms with van der Waals surface area (Å²) < 4.78 is 26.3. The zero-order valence-electron chi connectivity index (χ0n) is 13.5. The van der Waals surface area contributed by atoms with Gasteiger partial charge in [0.25, 0.3) is 10.0 Å². The van der Waals surface area contributed by atoms with E-state index in [2.05, 4.69) is 9.71 Å². The van der Waals surface area contributed by atoms with Crippen molar-refractivity contribution < 1.29 is 23.1 Å². The van der Waals surface area contributed by atoms with Crippen molar-refractivity contribution in [1.82, 2.24) is 9.62 Å². The van der Waals surface area contributed by atoms with Crippen LogP contribution in [0.3, 0.4) is 0 Å². The van der Waals surface area contributed by atoms with Crippen molar-refractivity contribution in [2.45, 2.75) is 36.6 Å². The highest BCUT2D eigenvalue weighted by Gasteiger charge is 2.33. The second kappa shape index (κ2) is 6.83. The number of carbonyl (C=O) groups excluding carboxylic acids is 1. The van der Waals surface area contributed by atoms with Crippen LogP contribution < -0.4 is 4.72 Å². The van der Waals surface area contributed by atoms with Crippen LogP contribution in [0.2, 0.25) is 0 Å². The molecule has 1 amide bonds. The lowest BCUT2D eigenvalue weighted by molar-refractivity contribution is -0.148. The zero-order valence-corrected chi connectivity index (χ0v) is 14.3. The molecule has 1 aromatic carbocycles. The van der Waals surface area contributed by atoms with Crippen LogP contribution in [-0.4, -0.2) is 55.3 Å². The number of hydrogen-bond acceptors (Lipinski definition) is 5. The highest BCUT2D eigenvalue weighted by molar-refractivity contribution is 7.90. The molecule has 2 heterocycles. The Balaban J connectivity index is 1.58. The Morgan fingerprint density at radius 3 is 2.84 bits per heavy atom. The van der Waals surface area contributed by atoms with Crippen molar-refractivity contribution in [3.05, 3.63) is 29.8 Å². The fraction of sp³-hybridized carbons (Fsp3) is 0.438. The molecule has 0 unspecified atom stereocenters. The van der Waals surface area contributed by atoms with Crippen molar-refractivity contribution in [3.8, 4) is 0 Å². The largest absolute Gasteiger partial charge is 0.480 e. The number of nitrogens with one attached hydrogen (secondary N) is 1. The fourth-order valence-corrected chi connectivity index (χ4v) is 4.39. The number of aliphatic carboxylic acids is 1. The summed E-state index contributed by atoms with van der Waals surface area (Å²) in [6.45, 7) is 0.751. The summed E-state index contributed by atoms with van der Waals surface area (Å²) in [5.74, 6) is -0.881. The van der Waals surface area contributed by atoms with Crippen LogP contribution in [0.5, 0.6) is 0 Å². The van der Waals surface area contributed by atoms with E-state index in [-0.39, 0.29) is 29.6 Å². The lowest BCUT2D eigenvalue weighted by atomic mass is 10.2. The molecule has 1 saturated heterocycles. The molecule has 0 saturated carbocycles. The molecular formula is C16H19N3O5S. The standard InChI is InChI=1S/C16H19N3O5S/c20-14(19-10-4-6-12(19)16(21)22)8-3-9-17-15-11-5-1-2-7-13(11)25(23,24)18-15/h1-2,5,7,12H,3-4,6,8-10H2,(H,17,18)(H,21,22)/t12-/m0/s1. The number of amides is 1. The third-order valence-corrected chi connectivity index (χ3v) is 5.74. The van der Waals surface area contributed by atoms with E-state index in [1.54, 1.807) is 18.2 Å². The maximum atomic E-state index is 12.2. The maximum Gasteiger partial charge on any atom is 0.326 e. The summed E-state index contributed by atoms with van der Waals surface area (Å²) in [4.78, 5) is 29.1. The van der Waals surface area contributed by atoms with Gasteiger partial charge < -0.3 is 10.0 Å². The van der Waals surface area contributed by atoms with Gasteiger partial charge in [0.2, 0.25) is 5.91 Å². The highest BCUT2D eigenvalue weighted by Crippen LogP contribution is 2.22. The van der Waals surface area contributed by atoms with Crippen molar-refractivity contribution in [2.75, 3.05) is 13.1 Å². The number of benzene rings is 1. The Bertz CT molecular complexity index is 834. The first-order valence-corrected chi connectivity index (χ1v) is 9.57.